The molecule has 21 heavy (non-hydrogen) atoms. The fourth-order valence-corrected chi connectivity index (χ4v) is 3.56. The highest BCUT2D eigenvalue weighted by Crippen LogP contribution is 2.46. The quantitative estimate of drug-likeness (QED) is 0.877. The molecule has 0 amide bonds. The monoisotopic (exact) mass is 292 g/mol. The molecule has 1 aromatic carbocycles. The van der Waals surface area contributed by atoms with Crippen LogP contribution in [0.3, 0.4) is 0 Å². The minimum Gasteiger partial charge on any atom is -0.497 e. The Morgan fingerprint density at radius 3 is 2.38 bits per heavy atom. The van der Waals surface area contributed by atoms with Crippen molar-refractivity contribution >= 4 is 0 Å². The highest BCUT2D eigenvalue weighted by molar-refractivity contribution is 5.44. The Morgan fingerprint density at radius 2 is 1.86 bits per heavy atom. The Hall–Kier alpha value is -1.22. The first-order valence-electron chi connectivity index (χ1n) is 7.90. The number of aliphatic hydroxyl groups is 1. The smallest absolute Gasteiger partial charge is 0.129 e. The van der Waals surface area contributed by atoms with E-state index >= 15 is 0 Å². The molecule has 1 aliphatic rings. The van der Waals surface area contributed by atoms with E-state index in [0.717, 1.165) is 29.9 Å². The van der Waals surface area contributed by atoms with Gasteiger partial charge in [0, 0.05) is 18.1 Å². The Kier molecular flexibility index (Phi) is 4.82. The predicted octanol–water partition coefficient (Wildman–Crippen LogP) is 4.34. The summed E-state index contributed by atoms with van der Waals surface area (Å²) in [6.45, 7) is 8.83. The van der Waals surface area contributed by atoms with Crippen molar-refractivity contribution in [3.63, 3.8) is 0 Å². The third kappa shape index (κ3) is 3.70. The first-order chi connectivity index (χ1) is 9.85. The van der Waals surface area contributed by atoms with Crippen molar-refractivity contribution in [1.82, 2.24) is 0 Å². The highest BCUT2D eigenvalue weighted by Gasteiger charge is 2.41. The van der Waals surface area contributed by atoms with Crippen LogP contribution in [0.2, 0.25) is 0 Å². The van der Waals surface area contributed by atoms with Crippen LogP contribution in [0.4, 0.5) is 0 Å². The van der Waals surface area contributed by atoms with Crippen LogP contribution in [0.5, 0.6) is 11.5 Å². The molecule has 0 saturated carbocycles. The van der Waals surface area contributed by atoms with Crippen LogP contribution in [0.25, 0.3) is 0 Å². The Balaban J connectivity index is 2.36. The summed E-state index contributed by atoms with van der Waals surface area (Å²) in [5, 5.41) is 10.6. The first kappa shape index (κ1) is 16.2. The second-order valence-electron chi connectivity index (χ2n) is 7.10. The van der Waals surface area contributed by atoms with Gasteiger partial charge in [-0.2, -0.15) is 0 Å². The number of methoxy groups -OCH3 is 1. The molecule has 0 spiro atoms. The van der Waals surface area contributed by atoms with Gasteiger partial charge in [-0.3, -0.25) is 0 Å². The standard InChI is InChI=1S/C18H28O3/c1-12(2)9-18(10-13(3)4)11-16(19)15-7-6-14(20-5)8-17(15)21-18/h6-8,12-13,16,19H,9-11H2,1-5H3. The maximum Gasteiger partial charge on any atom is 0.129 e. The zero-order valence-corrected chi connectivity index (χ0v) is 13.8. The molecule has 2 rings (SSSR count). The van der Waals surface area contributed by atoms with Crippen molar-refractivity contribution in [2.24, 2.45) is 11.8 Å². The van der Waals surface area contributed by atoms with Crippen molar-refractivity contribution in [2.45, 2.75) is 58.7 Å². The van der Waals surface area contributed by atoms with E-state index in [1.807, 2.05) is 18.2 Å². The summed E-state index contributed by atoms with van der Waals surface area (Å²) in [7, 11) is 1.65. The van der Waals surface area contributed by atoms with E-state index in [9.17, 15) is 5.11 Å². The molecule has 0 aromatic heterocycles. The maximum absolute atomic E-state index is 10.6. The van der Waals surface area contributed by atoms with Crippen molar-refractivity contribution in [3.8, 4) is 11.5 Å². The SMILES string of the molecule is COc1ccc2c(c1)OC(CC(C)C)(CC(C)C)CC2O. The Morgan fingerprint density at radius 1 is 1.24 bits per heavy atom. The van der Waals surface area contributed by atoms with Gasteiger partial charge in [0.2, 0.25) is 0 Å². The Labute approximate surface area is 128 Å². The van der Waals surface area contributed by atoms with Gasteiger partial charge in [-0.05, 0) is 36.8 Å². The summed E-state index contributed by atoms with van der Waals surface area (Å²) in [4.78, 5) is 0. The highest BCUT2D eigenvalue weighted by atomic mass is 16.5. The molecule has 3 nitrogen and oxygen atoms in total. The van der Waals surface area contributed by atoms with E-state index in [1.165, 1.54) is 0 Å². The molecule has 0 radical (unpaired) electrons. The molecule has 3 heteroatoms. The minimum atomic E-state index is -0.461. The average Bonchev–Trinajstić information content (AvgIpc) is 2.35. The molecule has 1 atom stereocenters. The lowest BCUT2D eigenvalue weighted by Gasteiger charge is -2.43. The summed E-state index contributed by atoms with van der Waals surface area (Å²) >= 11 is 0. The third-order valence-electron chi connectivity index (χ3n) is 4.03. The van der Waals surface area contributed by atoms with Gasteiger partial charge >= 0.3 is 0 Å². The lowest BCUT2D eigenvalue weighted by molar-refractivity contribution is -0.0408. The summed E-state index contributed by atoms with van der Waals surface area (Å²) in [6.07, 6.45) is 2.12. The fraction of sp³-hybridized carbons (Fsp3) is 0.667. The van der Waals surface area contributed by atoms with Gasteiger partial charge in [0.25, 0.3) is 0 Å². The van der Waals surface area contributed by atoms with Gasteiger partial charge < -0.3 is 14.6 Å². The Bertz CT molecular complexity index is 469. The molecule has 1 heterocycles. The topological polar surface area (TPSA) is 38.7 Å². The van der Waals surface area contributed by atoms with Gasteiger partial charge in [0.15, 0.2) is 0 Å². The molecule has 1 N–H and O–H groups in total. The molecular formula is C18H28O3. The molecule has 1 aromatic rings. The largest absolute Gasteiger partial charge is 0.497 e. The van der Waals surface area contributed by atoms with E-state index < -0.39 is 6.10 Å². The molecule has 0 fully saturated rings. The summed E-state index contributed by atoms with van der Waals surface area (Å²) < 4.78 is 11.7. The molecular weight excluding hydrogens is 264 g/mol. The van der Waals surface area contributed by atoms with Crippen LogP contribution in [0.1, 0.15) is 58.6 Å². The van der Waals surface area contributed by atoms with Crippen LogP contribution in [0, 0.1) is 11.8 Å². The molecule has 1 aliphatic heterocycles. The summed E-state index contributed by atoms with van der Waals surface area (Å²) in [6, 6.07) is 5.68. The second-order valence-corrected chi connectivity index (χ2v) is 7.10. The van der Waals surface area contributed by atoms with Gasteiger partial charge in [0.1, 0.15) is 17.1 Å². The molecule has 1 unspecified atom stereocenters. The van der Waals surface area contributed by atoms with Crippen LogP contribution in [0.15, 0.2) is 18.2 Å². The van der Waals surface area contributed by atoms with Crippen LogP contribution in [-0.2, 0) is 0 Å². The average molecular weight is 292 g/mol. The molecule has 118 valence electrons. The van der Waals surface area contributed by atoms with Crippen LogP contribution >= 0.6 is 0 Å². The normalized spacial score (nSPS) is 20.3. The van der Waals surface area contributed by atoms with Crippen molar-refractivity contribution in [1.29, 1.82) is 0 Å². The predicted molar refractivity (Wildman–Crippen MR) is 84.8 cm³/mol. The number of rotatable bonds is 5. The minimum absolute atomic E-state index is 0.277. The first-order valence-corrected chi connectivity index (χ1v) is 7.90. The van der Waals surface area contributed by atoms with E-state index in [0.29, 0.717) is 18.3 Å². The van der Waals surface area contributed by atoms with Crippen LogP contribution < -0.4 is 9.47 Å². The zero-order valence-electron chi connectivity index (χ0n) is 13.8. The van der Waals surface area contributed by atoms with Crippen molar-refractivity contribution < 1.29 is 14.6 Å². The summed E-state index contributed by atoms with van der Waals surface area (Å²) in [5.74, 6) is 2.60. The lowest BCUT2D eigenvalue weighted by Crippen LogP contribution is -2.43. The van der Waals surface area contributed by atoms with E-state index in [2.05, 4.69) is 27.7 Å². The van der Waals surface area contributed by atoms with Gasteiger partial charge in [-0.25, -0.2) is 0 Å². The number of ether oxygens (including phenoxy) is 2. The van der Waals surface area contributed by atoms with Crippen LogP contribution in [-0.4, -0.2) is 17.8 Å². The van der Waals surface area contributed by atoms with Crippen molar-refractivity contribution in [3.05, 3.63) is 23.8 Å². The van der Waals surface area contributed by atoms with Gasteiger partial charge in [0.05, 0.1) is 13.2 Å². The third-order valence-corrected chi connectivity index (χ3v) is 4.03. The number of hydrogen-bond acceptors (Lipinski definition) is 3. The van der Waals surface area contributed by atoms with E-state index in [4.69, 9.17) is 9.47 Å². The second kappa shape index (κ2) is 6.27. The van der Waals surface area contributed by atoms with Crippen molar-refractivity contribution in [2.75, 3.05) is 7.11 Å². The summed E-state index contributed by atoms with van der Waals surface area (Å²) in [5.41, 5.74) is 0.597. The van der Waals surface area contributed by atoms with E-state index in [1.54, 1.807) is 7.11 Å². The number of benzene rings is 1. The van der Waals surface area contributed by atoms with Gasteiger partial charge in [-0.15, -0.1) is 0 Å². The number of fused-ring (bicyclic) bond motifs is 1. The van der Waals surface area contributed by atoms with E-state index in [-0.39, 0.29) is 5.60 Å². The van der Waals surface area contributed by atoms with Gasteiger partial charge in [-0.1, -0.05) is 27.7 Å². The lowest BCUT2D eigenvalue weighted by atomic mass is 9.78. The fourth-order valence-electron chi connectivity index (χ4n) is 3.56. The number of hydrogen-bond donors (Lipinski definition) is 1. The molecule has 0 aliphatic carbocycles. The molecule has 0 bridgehead atoms. The zero-order chi connectivity index (χ0) is 15.6. The number of aliphatic hydroxyl groups excluding tert-OH is 1. The maximum atomic E-state index is 10.6. The molecule has 0 saturated heterocycles.